The lowest BCUT2D eigenvalue weighted by molar-refractivity contribution is -0.126. The number of nitrogens with zero attached hydrogens (tertiary/aromatic N) is 1. The normalized spacial score (nSPS) is 17.0. The quantitative estimate of drug-likeness (QED) is 0.768. The van der Waals surface area contributed by atoms with E-state index < -0.39 is 0 Å². The van der Waals surface area contributed by atoms with Gasteiger partial charge in [0.25, 0.3) is 5.91 Å². The van der Waals surface area contributed by atoms with Crippen LogP contribution in [0.5, 0.6) is 0 Å². The highest BCUT2D eigenvalue weighted by Crippen LogP contribution is 2.32. The van der Waals surface area contributed by atoms with Crippen LogP contribution < -0.4 is 10.6 Å². The average Bonchev–Trinajstić information content (AvgIpc) is 3.62. The van der Waals surface area contributed by atoms with E-state index in [0.29, 0.717) is 43.7 Å². The minimum Gasteiger partial charge on any atom is -0.356 e. The Hall–Kier alpha value is -2.89. The Bertz CT molecular complexity index is 959. The number of piperidine rings is 1. The van der Waals surface area contributed by atoms with Gasteiger partial charge in [0.2, 0.25) is 11.8 Å². The Morgan fingerprint density at radius 1 is 0.933 bits per heavy atom. The van der Waals surface area contributed by atoms with Crippen LogP contribution in [0, 0.1) is 11.8 Å². The van der Waals surface area contributed by atoms with Crippen LogP contribution in [0.25, 0.3) is 10.8 Å². The molecule has 0 atom stereocenters. The molecular weight excluding hydrogens is 378 g/mol. The molecule has 2 aromatic rings. The maximum absolute atomic E-state index is 13.4. The summed E-state index contributed by atoms with van der Waals surface area (Å²) in [7, 11) is 0. The van der Waals surface area contributed by atoms with Gasteiger partial charge < -0.3 is 15.5 Å². The van der Waals surface area contributed by atoms with Gasteiger partial charge in [-0.1, -0.05) is 31.2 Å². The van der Waals surface area contributed by atoms with Crippen molar-refractivity contribution in [3.05, 3.63) is 42.0 Å². The number of fused-ring (bicyclic) bond motifs is 1. The summed E-state index contributed by atoms with van der Waals surface area (Å²) in [5.41, 5.74) is 1.11. The van der Waals surface area contributed by atoms with Crippen molar-refractivity contribution in [1.82, 2.24) is 10.2 Å². The number of carbonyl (C=O) groups excluding carboxylic acids is 3. The Labute approximate surface area is 177 Å². The van der Waals surface area contributed by atoms with Crippen LogP contribution in [0.1, 0.15) is 49.4 Å². The van der Waals surface area contributed by atoms with E-state index in [4.69, 9.17) is 0 Å². The molecule has 2 fully saturated rings. The molecule has 6 heteroatoms. The largest absolute Gasteiger partial charge is 0.356 e. The number of carbonyl (C=O) groups is 3. The predicted octanol–water partition coefficient (Wildman–Crippen LogP) is 3.57. The molecular formula is C24H29N3O3. The van der Waals surface area contributed by atoms with Gasteiger partial charge in [0.15, 0.2) is 0 Å². The standard InChI is InChI=1S/C24H29N3O3/c1-2-11-25-22(28)17-9-12-27(13-10-17)24(30)20-14-18-5-3-4-6-19(18)15-21(20)26-23(29)16-7-8-16/h3-6,14-17H,2,7-13H2,1H3,(H,25,28)(H,26,29). The Morgan fingerprint density at radius 2 is 1.57 bits per heavy atom. The van der Waals surface area contributed by atoms with Crippen LogP contribution in [0.3, 0.4) is 0 Å². The summed E-state index contributed by atoms with van der Waals surface area (Å²) >= 11 is 0. The fourth-order valence-corrected chi connectivity index (χ4v) is 4.01. The van der Waals surface area contributed by atoms with E-state index in [9.17, 15) is 14.4 Å². The number of hydrogen-bond donors (Lipinski definition) is 2. The first-order valence-electron chi connectivity index (χ1n) is 11.0. The molecule has 0 unspecified atom stereocenters. The second kappa shape index (κ2) is 8.86. The summed E-state index contributed by atoms with van der Waals surface area (Å²) in [6.07, 6.45) is 4.07. The molecule has 1 heterocycles. The minimum absolute atomic E-state index is 0.00867. The van der Waals surface area contributed by atoms with E-state index in [2.05, 4.69) is 10.6 Å². The maximum Gasteiger partial charge on any atom is 0.255 e. The van der Waals surface area contributed by atoms with Gasteiger partial charge in [-0.2, -0.15) is 0 Å². The fraction of sp³-hybridized carbons (Fsp3) is 0.458. The third kappa shape index (κ3) is 4.48. The van der Waals surface area contributed by atoms with Gasteiger partial charge in [0.1, 0.15) is 0 Å². The van der Waals surface area contributed by atoms with Crippen LogP contribution in [-0.2, 0) is 9.59 Å². The number of nitrogens with one attached hydrogen (secondary N) is 2. The highest BCUT2D eigenvalue weighted by Gasteiger charge is 2.32. The van der Waals surface area contributed by atoms with Gasteiger partial charge in [-0.3, -0.25) is 14.4 Å². The van der Waals surface area contributed by atoms with Crippen molar-refractivity contribution in [3.63, 3.8) is 0 Å². The van der Waals surface area contributed by atoms with Crippen molar-refractivity contribution < 1.29 is 14.4 Å². The zero-order chi connectivity index (χ0) is 21.1. The van der Waals surface area contributed by atoms with E-state index in [1.165, 1.54) is 0 Å². The van der Waals surface area contributed by atoms with Crippen molar-refractivity contribution in [2.24, 2.45) is 11.8 Å². The van der Waals surface area contributed by atoms with Gasteiger partial charge in [-0.05, 0) is 55.0 Å². The minimum atomic E-state index is -0.0840. The molecule has 0 spiro atoms. The van der Waals surface area contributed by atoms with Gasteiger partial charge in [0.05, 0.1) is 11.3 Å². The first-order valence-corrected chi connectivity index (χ1v) is 11.0. The van der Waals surface area contributed by atoms with Crippen molar-refractivity contribution in [2.75, 3.05) is 25.0 Å². The summed E-state index contributed by atoms with van der Waals surface area (Å²) in [4.78, 5) is 39.8. The lowest BCUT2D eigenvalue weighted by atomic mass is 9.95. The van der Waals surface area contributed by atoms with Crippen molar-refractivity contribution in [1.29, 1.82) is 0 Å². The molecule has 0 aromatic heterocycles. The number of likely N-dealkylation sites (tertiary alicyclic amines) is 1. The summed E-state index contributed by atoms with van der Waals surface area (Å²) in [6.45, 7) is 3.82. The van der Waals surface area contributed by atoms with Crippen LogP contribution in [0.15, 0.2) is 36.4 Å². The molecule has 1 saturated carbocycles. The molecule has 3 amide bonds. The molecule has 0 radical (unpaired) electrons. The highest BCUT2D eigenvalue weighted by molar-refractivity contribution is 6.08. The van der Waals surface area contributed by atoms with E-state index in [1.807, 2.05) is 43.3 Å². The zero-order valence-electron chi connectivity index (χ0n) is 17.4. The van der Waals surface area contributed by atoms with Crippen molar-refractivity contribution in [3.8, 4) is 0 Å². The molecule has 4 rings (SSSR count). The summed E-state index contributed by atoms with van der Waals surface area (Å²) < 4.78 is 0. The lowest BCUT2D eigenvalue weighted by Crippen LogP contribution is -2.43. The molecule has 1 saturated heterocycles. The molecule has 1 aliphatic carbocycles. The number of anilines is 1. The monoisotopic (exact) mass is 407 g/mol. The predicted molar refractivity (Wildman–Crippen MR) is 117 cm³/mol. The topological polar surface area (TPSA) is 78.5 Å². The maximum atomic E-state index is 13.4. The third-order valence-electron chi connectivity index (χ3n) is 6.02. The second-order valence-corrected chi connectivity index (χ2v) is 8.37. The first kappa shape index (κ1) is 20.4. The molecule has 1 aliphatic heterocycles. The third-order valence-corrected chi connectivity index (χ3v) is 6.02. The number of benzene rings is 2. The van der Waals surface area contributed by atoms with E-state index in [-0.39, 0.29) is 29.6 Å². The van der Waals surface area contributed by atoms with Crippen LogP contribution in [0.2, 0.25) is 0 Å². The molecule has 6 nitrogen and oxygen atoms in total. The molecule has 2 aromatic carbocycles. The lowest BCUT2D eigenvalue weighted by Gasteiger charge is -2.32. The second-order valence-electron chi connectivity index (χ2n) is 8.37. The SMILES string of the molecule is CCCNC(=O)C1CCN(C(=O)c2cc3ccccc3cc2NC(=O)C2CC2)CC1. The van der Waals surface area contributed by atoms with E-state index >= 15 is 0 Å². The molecule has 2 aliphatic rings. The number of hydrogen-bond acceptors (Lipinski definition) is 3. The van der Waals surface area contributed by atoms with Gasteiger partial charge in [-0.25, -0.2) is 0 Å². The van der Waals surface area contributed by atoms with Crippen LogP contribution >= 0.6 is 0 Å². The van der Waals surface area contributed by atoms with Gasteiger partial charge >= 0.3 is 0 Å². The smallest absolute Gasteiger partial charge is 0.255 e. The summed E-state index contributed by atoms with van der Waals surface area (Å²) in [5.74, 6) is 0.0278. The molecule has 158 valence electrons. The fourth-order valence-electron chi connectivity index (χ4n) is 4.01. The Kier molecular flexibility index (Phi) is 6.02. The van der Waals surface area contributed by atoms with Gasteiger partial charge in [0, 0.05) is 31.5 Å². The Morgan fingerprint density at radius 3 is 2.20 bits per heavy atom. The summed E-state index contributed by atoms with van der Waals surface area (Å²) in [5, 5.41) is 7.90. The molecule has 2 N–H and O–H groups in total. The molecule has 30 heavy (non-hydrogen) atoms. The van der Waals surface area contributed by atoms with E-state index in [1.54, 1.807) is 4.90 Å². The zero-order valence-corrected chi connectivity index (χ0v) is 17.4. The summed E-state index contributed by atoms with van der Waals surface area (Å²) in [6, 6.07) is 11.6. The van der Waals surface area contributed by atoms with Crippen molar-refractivity contribution in [2.45, 2.75) is 39.0 Å². The highest BCUT2D eigenvalue weighted by atomic mass is 16.2. The number of rotatable bonds is 6. The van der Waals surface area contributed by atoms with Crippen molar-refractivity contribution >= 4 is 34.2 Å². The van der Waals surface area contributed by atoms with E-state index in [0.717, 1.165) is 30.0 Å². The average molecular weight is 408 g/mol. The van der Waals surface area contributed by atoms with Crippen LogP contribution in [0.4, 0.5) is 5.69 Å². The molecule has 0 bridgehead atoms. The van der Waals surface area contributed by atoms with Crippen LogP contribution in [-0.4, -0.2) is 42.3 Å². The first-order chi connectivity index (χ1) is 14.6. The number of amides is 3. The Balaban J connectivity index is 1.52. The van der Waals surface area contributed by atoms with Gasteiger partial charge in [-0.15, -0.1) is 0 Å².